The Kier molecular flexibility index (Phi) is 7.21. The number of cyclic esters (lactones) is 1. The molecule has 142 valence electrons. The number of fused-ring (bicyclic) bond motifs is 1. The zero-order chi connectivity index (χ0) is 19.1. The SMILES string of the molecule is COc1cc2c(c(OC)c1)C(=O)O[C@@H](C)CC(O)CC(=O)CCC/C=C/2. The van der Waals surface area contributed by atoms with E-state index in [-0.39, 0.29) is 18.6 Å². The molecule has 0 amide bonds. The van der Waals surface area contributed by atoms with E-state index in [1.165, 1.54) is 7.11 Å². The maximum Gasteiger partial charge on any atom is 0.342 e. The normalized spacial score (nSPS) is 23.4. The zero-order valence-electron chi connectivity index (χ0n) is 15.5. The molecule has 1 aliphatic heterocycles. The monoisotopic (exact) mass is 362 g/mol. The van der Waals surface area contributed by atoms with Gasteiger partial charge in [0.1, 0.15) is 28.9 Å². The van der Waals surface area contributed by atoms with Crippen LogP contribution in [0.5, 0.6) is 11.5 Å². The fraction of sp³-hybridized carbons (Fsp3) is 0.500. The lowest BCUT2D eigenvalue weighted by Gasteiger charge is -2.19. The van der Waals surface area contributed by atoms with Gasteiger partial charge in [0, 0.05) is 25.3 Å². The highest BCUT2D eigenvalue weighted by Crippen LogP contribution is 2.31. The Bertz CT molecular complexity index is 679. The number of rotatable bonds is 2. The van der Waals surface area contributed by atoms with E-state index in [4.69, 9.17) is 14.2 Å². The Hall–Kier alpha value is -2.34. The van der Waals surface area contributed by atoms with Crippen LogP contribution in [-0.2, 0) is 9.53 Å². The van der Waals surface area contributed by atoms with Gasteiger partial charge < -0.3 is 19.3 Å². The summed E-state index contributed by atoms with van der Waals surface area (Å²) >= 11 is 0. The van der Waals surface area contributed by atoms with Crippen molar-refractivity contribution >= 4 is 17.8 Å². The fourth-order valence-corrected chi connectivity index (χ4v) is 2.99. The Labute approximate surface area is 153 Å². The molecule has 26 heavy (non-hydrogen) atoms. The number of ether oxygens (including phenoxy) is 3. The molecule has 1 heterocycles. The predicted molar refractivity (Wildman–Crippen MR) is 97.6 cm³/mol. The van der Waals surface area contributed by atoms with Gasteiger partial charge in [-0.15, -0.1) is 0 Å². The van der Waals surface area contributed by atoms with Crippen LogP contribution in [0.3, 0.4) is 0 Å². The van der Waals surface area contributed by atoms with Gasteiger partial charge in [-0.05, 0) is 31.4 Å². The molecule has 6 heteroatoms. The van der Waals surface area contributed by atoms with E-state index in [0.29, 0.717) is 41.9 Å². The maximum atomic E-state index is 12.7. The quantitative estimate of drug-likeness (QED) is 0.814. The van der Waals surface area contributed by atoms with E-state index >= 15 is 0 Å². The van der Waals surface area contributed by atoms with E-state index in [2.05, 4.69) is 0 Å². The number of benzene rings is 1. The van der Waals surface area contributed by atoms with E-state index in [0.717, 1.165) is 0 Å². The Morgan fingerprint density at radius 2 is 1.96 bits per heavy atom. The summed E-state index contributed by atoms with van der Waals surface area (Å²) < 4.78 is 16.1. The van der Waals surface area contributed by atoms with Crippen molar-refractivity contribution in [2.24, 2.45) is 0 Å². The first-order valence-electron chi connectivity index (χ1n) is 8.78. The van der Waals surface area contributed by atoms with Gasteiger partial charge in [-0.2, -0.15) is 0 Å². The van der Waals surface area contributed by atoms with Crippen LogP contribution in [0.15, 0.2) is 18.2 Å². The van der Waals surface area contributed by atoms with Crippen LogP contribution in [0.2, 0.25) is 0 Å². The molecule has 1 unspecified atom stereocenters. The zero-order valence-corrected chi connectivity index (χ0v) is 15.5. The summed E-state index contributed by atoms with van der Waals surface area (Å²) in [5.41, 5.74) is 0.946. The molecule has 0 saturated heterocycles. The van der Waals surface area contributed by atoms with Gasteiger partial charge in [0.15, 0.2) is 0 Å². The number of aliphatic hydroxyl groups excluding tert-OH is 1. The van der Waals surface area contributed by atoms with E-state index < -0.39 is 18.2 Å². The molecule has 0 fully saturated rings. The number of allylic oxidation sites excluding steroid dienone is 1. The molecule has 1 aromatic carbocycles. The lowest BCUT2D eigenvalue weighted by atomic mass is 10.0. The molecular weight excluding hydrogens is 336 g/mol. The lowest BCUT2D eigenvalue weighted by Crippen LogP contribution is -2.24. The first-order valence-corrected chi connectivity index (χ1v) is 8.78. The molecule has 0 aliphatic carbocycles. The molecule has 1 N–H and O–H groups in total. The van der Waals surface area contributed by atoms with Crippen molar-refractivity contribution in [3.05, 3.63) is 29.3 Å². The highest BCUT2D eigenvalue weighted by atomic mass is 16.5. The second-order valence-corrected chi connectivity index (χ2v) is 6.44. The summed E-state index contributed by atoms with van der Waals surface area (Å²) in [5, 5.41) is 10.0. The fourth-order valence-electron chi connectivity index (χ4n) is 2.99. The second-order valence-electron chi connectivity index (χ2n) is 6.44. The van der Waals surface area contributed by atoms with Crippen LogP contribution < -0.4 is 9.47 Å². The second kappa shape index (κ2) is 9.38. The number of esters is 1. The minimum Gasteiger partial charge on any atom is -0.497 e. The van der Waals surface area contributed by atoms with Gasteiger partial charge in [0.25, 0.3) is 0 Å². The van der Waals surface area contributed by atoms with Gasteiger partial charge in [-0.25, -0.2) is 4.79 Å². The Balaban J connectivity index is 2.41. The van der Waals surface area contributed by atoms with Crippen LogP contribution in [0.4, 0.5) is 0 Å². The van der Waals surface area contributed by atoms with Gasteiger partial charge in [0.05, 0.1) is 20.3 Å². The summed E-state index contributed by atoms with van der Waals surface area (Å²) in [7, 11) is 3.03. The summed E-state index contributed by atoms with van der Waals surface area (Å²) in [6.45, 7) is 1.70. The van der Waals surface area contributed by atoms with E-state index in [9.17, 15) is 14.7 Å². The molecule has 0 saturated carbocycles. The number of carbonyl (C=O) groups excluding carboxylic acids is 2. The maximum absolute atomic E-state index is 12.7. The van der Waals surface area contributed by atoms with Gasteiger partial charge in [-0.3, -0.25) is 4.79 Å². The predicted octanol–water partition coefficient (Wildman–Crippen LogP) is 3.16. The minimum absolute atomic E-state index is 0.0187. The van der Waals surface area contributed by atoms with Crippen molar-refractivity contribution in [1.29, 1.82) is 0 Å². The summed E-state index contributed by atoms with van der Waals surface area (Å²) in [6, 6.07) is 3.38. The van der Waals surface area contributed by atoms with Crippen molar-refractivity contribution in [2.75, 3.05) is 14.2 Å². The van der Waals surface area contributed by atoms with E-state index in [1.54, 1.807) is 26.2 Å². The third-order valence-electron chi connectivity index (χ3n) is 4.27. The molecule has 2 atom stereocenters. The van der Waals surface area contributed by atoms with Gasteiger partial charge in [-0.1, -0.05) is 12.2 Å². The third kappa shape index (κ3) is 5.33. The van der Waals surface area contributed by atoms with Crippen molar-refractivity contribution in [1.82, 2.24) is 0 Å². The Morgan fingerprint density at radius 3 is 2.65 bits per heavy atom. The summed E-state index contributed by atoms with van der Waals surface area (Å²) in [4.78, 5) is 24.6. The molecule has 1 aliphatic rings. The molecule has 0 spiro atoms. The van der Waals surface area contributed by atoms with Crippen molar-refractivity contribution in [3.8, 4) is 11.5 Å². The van der Waals surface area contributed by atoms with Crippen LogP contribution in [0.25, 0.3) is 6.08 Å². The number of hydrogen-bond donors (Lipinski definition) is 1. The molecule has 6 nitrogen and oxygen atoms in total. The Morgan fingerprint density at radius 1 is 1.19 bits per heavy atom. The summed E-state index contributed by atoms with van der Waals surface area (Å²) in [6.07, 6.45) is 4.47. The lowest BCUT2D eigenvalue weighted by molar-refractivity contribution is -0.121. The van der Waals surface area contributed by atoms with Crippen LogP contribution in [-0.4, -0.2) is 43.3 Å². The first-order chi connectivity index (χ1) is 12.4. The molecular formula is C20H26O6. The van der Waals surface area contributed by atoms with E-state index in [1.807, 2.05) is 12.2 Å². The van der Waals surface area contributed by atoms with Gasteiger partial charge >= 0.3 is 5.97 Å². The number of hydrogen-bond acceptors (Lipinski definition) is 6. The third-order valence-corrected chi connectivity index (χ3v) is 4.27. The average molecular weight is 362 g/mol. The molecule has 0 radical (unpaired) electrons. The smallest absolute Gasteiger partial charge is 0.342 e. The molecule has 2 rings (SSSR count). The molecule has 0 bridgehead atoms. The molecule has 1 aromatic rings. The first kappa shape index (κ1) is 20.0. The van der Waals surface area contributed by atoms with Crippen molar-refractivity contribution in [3.63, 3.8) is 0 Å². The highest BCUT2D eigenvalue weighted by Gasteiger charge is 2.23. The highest BCUT2D eigenvalue weighted by molar-refractivity contribution is 5.97. The number of methoxy groups -OCH3 is 2. The minimum atomic E-state index is -0.819. The van der Waals surface area contributed by atoms with Crippen LogP contribution in [0.1, 0.15) is 54.9 Å². The largest absolute Gasteiger partial charge is 0.497 e. The van der Waals surface area contributed by atoms with Crippen LogP contribution in [0, 0.1) is 0 Å². The average Bonchev–Trinajstić information content (AvgIpc) is 2.59. The molecule has 0 aromatic heterocycles. The number of ketones is 1. The topological polar surface area (TPSA) is 82.1 Å². The number of carbonyl (C=O) groups is 2. The number of aliphatic hydroxyl groups is 1. The number of Topliss-reactive ketones (excluding diaryl/α,β-unsaturated/α-hetero) is 1. The van der Waals surface area contributed by atoms with Crippen molar-refractivity contribution in [2.45, 2.75) is 51.2 Å². The summed E-state index contributed by atoms with van der Waals surface area (Å²) in [5.74, 6) is 0.416. The van der Waals surface area contributed by atoms with Gasteiger partial charge in [0.2, 0.25) is 0 Å². The van der Waals surface area contributed by atoms with Crippen LogP contribution >= 0.6 is 0 Å². The van der Waals surface area contributed by atoms with Crippen molar-refractivity contribution < 1.29 is 28.9 Å². The standard InChI is InChI=1S/C20H26O6/c1-13-9-16(22)11-15(21)8-6-4-5-7-14-10-17(24-2)12-18(25-3)19(14)20(23)26-13/h5,7,10,12-13,16,22H,4,6,8-9,11H2,1-3H3/b7-5+/t13-,16?/m0/s1.